The molecule has 216 valence electrons. The summed E-state index contributed by atoms with van der Waals surface area (Å²) in [6, 6.07) is 11.0. The fourth-order valence-corrected chi connectivity index (χ4v) is 6.39. The van der Waals surface area contributed by atoms with Crippen LogP contribution in [0.5, 0.6) is 5.88 Å². The summed E-state index contributed by atoms with van der Waals surface area (Å²) in [5, 5.41) is 16.5. The molecule has 1 N–H and O–H groups in total. The molecule has 0 bridgehead atoms. The van der Waals surface area contributed by atoms with E-state index in [1.807, 2.05) is 13.8 Å². The molecular weight excluding hydrogens is 563 g/mol. The van der Waals surface area contributed by atoms with Gasteiger partial charge in [0.25, 0.3) is 0 Å². The van der Waals surface area contributed by atoms with Gasteiger partial charge in [-0.25, -0.2) is 13.4 Å². The zero-order valence-corrected chi connectivity index (χ0v) is 22.9. The first kappa shape index (κ1) is 28.5. The first-order valence-electron chi connectivity index (χ1n) is 12.7. The molecule has 3 aromatic heterocycles. The fourth-order valence-electron chi connectivity index (χ4n) is 4.87. The molecule has 10 nitrogen and oxygen atoms in total. The van der Waals surface area contributed by atoms with Gasteiger partial charge in [-0.3, -0.25) is 9.20 Å². The van der Waals surface area contributed by atoms with Crippen molar-refractivity contribution in [2.24, 2.45) is 0 Å². The number of aromatic nitrogens is 4. The summed E-state index contributed by atoms with van der Waals surface area (Å²) in [6.07, 6.45) is -2.32. The van der Waals surface area contributed by atoms with Crippen LogP contribution in [0.2, 0.25) is 0 Å². The van der Waals surface area contributed by atoms with Crippen LogP contribution in [0.1, 0.15) is 53.8 Å². The van der Waals surface area contributed by atoms with Crippen LogP contribution in [0.25, 0.3) is 5.65 Å². The molecule has 4 aromatic rings. The second kappa shape index (κ2) is 10.7. The van der Waals surface area contributed by atoms with E-state index in [-0.39, 0.29) is 35.9 Å². The van der Waals surface area contributed by atoms with E-state index in [0.29, 0.717) is 23.1 Å². The number of fused-ring (bicyclic) bond motifs is 2. The van der Waals surface area contributed by atoms with Crippen LogP contribution < -0.4 is 4.74 Å². The second-order valence-electron chi connectivity index (χ2n) is 9.80. The van der Waals surface area contributed by atoms with Crippen molar-refractivity contribution in [2.45, 2.75) is 56.3 Å². The Balaban J connectivity index is 1.53. The predicted octanol–water partition coefficient (Wildman–Crippen LogP) is 4.42. The Morgan fingerprint density at radius 3 is 2.63 bits per heavy atom. The molecule has 0 spiro atoms. The lowest BCUT2D eigenvalue weighted by molar-refractivity contribution is -0.145. The van der Waals surface area contributed by atoms with E-state index in [9.17, 15) is 31.5 Å². The van der Waals surface area contributed by atoms with Gasteiger partial charge >= 0.3 is 12.1 Å². The summed E-state index contributed by atoms with van der Waals surface area (Å²) in [5.74, 6) is -3.00. The van der Waals surface area contributed by atoms with Gasteiger partial charge in [0.05, 0.1) is 13.0 Å². The number of benzene rings is 1. The average molecular weight is 590 g/mol. The minimum atomic E-state index is -4.71. The van der Waals surface area contributed by atoms with E-state index in [4.69, 9.17) is 4.74 Å². The molecule has 1 aliphatic rings. The number of halogens is 3. The van der Waals surface area contributed by atoms with Crippen LogP contribution in [0.4, 0.5) is 13.2 Å². The maximum absolute atomic E-state index is 13.6. The molecule has 0 aliphatic carbocycles. The molecule has 0 radical (unpaired) electrons. The number of sulfonamides is 1. The van der Waals surface area contributed by atoms with Gasteiger partial charge in [0.2, 0.25) is 21.7 Å². The van der Waals surface area contributed by atoms with E-state index < -0.39 is 40.0 Å². The Morgan fingerprint density at radius 2 is 1.93 bits per heavy atom. The normalized spacial score (nSPS) is 17.9. The first-order valence-corrected chi connectivity index (χ1v) is 14.2. The fraction of sp³-hybridized carbons (Fsp3) is 0.333. The van der Waals surface area contributed by atoms with Crippen molar-refractivity contribution >= 4 is 21.6 Å². The average Bonchev–Trinajstić information content (AvgIpc) is 3.32. The van der Waals surface area contributed by atoms with Crippen molar-refractivity contribution < 1.29 is 36.2 Å². The molecule has 0 saturated carbocycles. The van der Waals surface area contributed by atoms with Crippen molar-refractivity contribution in [3.63, 3.8) is 0 Å². The SMILES string of the molecule is CC[C@@H]1CN(Cc2cc(C(CC(=O)O)c3ccn4c(C(F)(F)F)nnc4c3)ccc2C)S(=O)(=O)c2cccnc2O1. The molecule has 41 heavy (non-hydrogen) atoms. The highest BCUT2D eigenvalue weighted by molar-refractivity contribution is 7.89. The highest BCUT2D eigenvalue weighted by atomic mass is 32.2. The Hall–Kier alpha value is -4.04. The third kappa shape index (κ3) is 5.61. The third-order valence-electron chi connectivity index (χ3n) is 7.09. The Labute approximate surface area is 233 Å². The summed E-state index contributed by atoms with van der Waals surface area (Å²) in [4.78, 5) is 15.9. The molecule has 5 rings (SSSR count). The van der Waals surface area contributed by atoms with Gasteiger partial charge in [-0.15, -0.1) is 10.2 Å². The van der Waals surface area contributed by atoms with Crippen LogP contribution in [0.15, 0.2) is 59.8 Å². The lowest BCUT2D eigenvalue weighted by Gasteiger charge is -2.24. The molecular formula is C27H26F3N5O5S. The minimum Gasteiger partial charge on any atom is -0.481 e. The number of nitrogens with zero attached hydrogens (tertiary/aromatic N) is 5. The van der Waals surface area contributed by atoms with Crippen LogP contribution in [0, 0.1) is 6.92 Å². The summed E-state index contributed by atoms with van der Waals surface area (Å²) in [6.45, 7) is 3.78. The van der Waals surface area contributed by atoms with E-state index in [1.165, 1.54) is 34.8 Å². The number of aryl methyl sites for hydroxylation is 1. The van der Waals surface area contributed by atoms with Gasteiger partial charge in [0, 0.05) is 24.9 Å². The highest BCUT2D eigenvalue weighted by Gasteiger charge is 2.37. The molecule has 0 fully saturated rings. The number of rotatable bonds is 7. The molecule has 0 saturated heterocycles. The van der Waals surface area contributed by atoms with E-state index in [0.717, 1.165) is 16.2 Å². The first-order chi connectivity index (χ1) is 19.4. The van der Waals surface area contributed by atoms with Gasteiger partial charge in [-0.1, -0.05) is 25.1 Å². The summed E-state index contributed by atoms with van der Waals surface area (Å²) < 4.78 is 75.1. The summed E-state index contributed by atoms with van der Waals surface area (Å²) >= 11 is 0. The van der Waals surface area contributed by atoms with Crippen LogP contribution in [0.3, 0.4) is 0 Å². The number of aliphatic carboxylic acids is 1. The van der Waals surface area contributed by atoms with Crippen molar-refractivity contribution in [1.29, 1.82) is 0 Å². The molecule has 14 heteroatoms. The standard InChI is InChI=1S/C27H26F3N5O5S/c1-3-20-15-34(41(38,39)22-5-4-9-31-25(22)40-20)14-19-11-17(7-6-16(19)2)21(13-24(36)37)18-8-10-35-23(12-18)32-33-26(35)27(28,29)30/h4-12,20-21H,3,13-15H2,1-2H3,(H,36,37)/t20-,21?/m1/s1. The number of hydrogen-bond donors (Lipinski definition) is 1. The lowest BCUT2D eigenvalue weighted by atomic mass is 9.87. The molecule has 1 aliphatic heterocycles. The zero-order valence-electron chi connectivity index (χ0n) is 22.0. The number of alkyl halides is 3. The lowest BCUT2D eigenvalue weighted by Crippen LogP contribution is -2.36. The van der Waals surface area contributed by atoms with Crippen molar-refractivity contribution in [3.8, 4) is 5.88 Å². The summed E-state index contributed by atoms with van der Waals surface area (Å²) in [5.41, 5.74) is 2.34. The third-order valence-corrected chi connectivity index (χ3v) is 8.91. The maximum atomic E-state index is 13.6. The molecule has 0 amide bonds. The number of ether oxygens (including phenoxy) is 1. The highest BCUT2D eigenvalue weighted by Crippen LogP contribution is 2.34. The minimum absolute atomic E-state index is 0.00581. The largest absolute Gasteiger partial charge is 0.481 e. The smallest absolute Gasteiger partial charge is 0.452 e. The molecule has 2 atom stereocenters. The van der Waals surface area contributed by atoms with Gasteiger partial charge in [-0.05, 0) is 59.9 Å². The Bertz CT molecular complexity index is 1720. The zero-order chi connectivity index (χ0) is 29.5. The molecule has 4 heterocycles. The quantitative estimate of drug-likeness (QED) is 0.336. The Morgan fingerprint density at radius 1 is 1.17 bits per heavy atom. The molecule has 1 unspecified atom stereocenters. The second-order valence-corrected chi connectivity index (χ2v) is 11.7. The van der Waals surface area contributed by atoms with Crippen LogP contribution >= 0.6 is 0 Å². The number of carbonyl (C=O) groups is 1. The number of pyridine rings is 2. The van der Waals surface area contributed by atoms with Gasteiger partial charge < -0.3 is 9.84 Å². The van der Waals surface area contributed by atoms with Crippen molar-refractivity contribution in [1.82, 2.24) is 23.9 Å². The van der Waals surface area contributed by atoms with Crippen molar-refractivity contribution in [2.75, 3.05) is 6.54 Å². The predicted molar refractivity (Wildman–Crippen MR) is 140 cm³/mol. The summed E-state index contributed by atoms with van der Waals surface area (Å²) in [7, 11) is -3.97. The van der Waals surface area contributed by atoms with Crippen molar-refractivity contribution in [3.05, 3.63) is 82.9 Å². The van der Waals surface area contributed by atoms with Crippen LogP contribution in [-0.4, -0.2) is 56.0 Å². The van der Waals surface area contributed by atoms with E-state index in [2.05, 4.69) is 15.2 Å². The van der Waals surface area contributed by atoms with E-state index in [1.54, 1.807) is 18.2 Å². The topological polar surface area (TPSA) is 127 Å². The molecule has 1 aromatic carbocycles. The number of carboxylic acids is 1. The van der Waals surface area contributed by atoms with Gasteiger partial charge in [-0.2, -0.15) is 17.5 Å². The maximum Gasteiger partial charge on any atom is 0.452 e. The van der Waals surface area contributed by atoms with E-state index >= 15 is 0 Å². The Kier molecular flexibility index (Phi) is 7.46. The number of hydrogen-bond acceptors (Lipinski definition) is 7. The monoisotopic (exact) mass is 589 g/mol. The van der Waals surface area contributed by atoms with Gasteiger partial charge in [0.1, 0.15) is 11.0 Å². The van der Waals surface area contributed by atoms with Gasteiger partial charge in [0.15, 0.2) is 5.65 Å². The van der Waals surface area contributed by atoms with Crippen LogP contribution in [-0.2, 0) is 27.5 Å². The number of carboxylic acid groups (broad SMARTS) is 1.